The number of para-hydroxylation sites is 1. The molecule has 1 aromatic carbocycles. The summed E-state index contributed by atoms with van der Waals surface area (Å²) in [6, 6.07) is 8.04. The summed E-state index contributed by atoms with van der Waals surface area (Å²) in [5.41, 5.74) is 1.10. The third kappa shape index (κ3) is 3.25. The van der Waals surface area contributed by atoms with Gasteiger partial charge in [-0.15, -0.1) is 0 Å². The van der Waals surface area contributed by atoms with Crippen LogP contribution in [-0.4, -0.2) is 12.5 Å². The summed E-state index contributed by atoms with van der Waals surface area (Å²) in [6.45, 7) is 4.94. The van der Waals surface area contributed by atoms with Crippen molar-refractivity contribution in [2.24, 2.45) is 5.92 Å². The molecule has 0 aliphatic carbocycles. The number of fused-ring (bicyclic) bond motifs is 1. The molecule has 98 valence electrons. The van der Waals surface area contributed by atoms with Crippen LogP contribution in [0.15, 0.2) is 24.3 Å². The Hall–Kier alpha value is -1.51. The first-order chi connectivity index (χ1) is 8.66. The lowest BCUT2D eigenvalue weighted by Gasteiger charge is -2.26. The van der Waals surface area contributed by atoms with Crippen molar-refractivity contribution in [3.05, 3.63) is 29.8 Å². The number of rotatable bonds is 4. The van der Waals surface area contributed by atoms with E-state index in [0.717, 1.165) is 24.2 Å². The van der Waals surface area contributed by atoms with Gasteiger partial charge in [-0.05, 0) is 18.4 Å². The molecular formula is C15H21NO2. The molecule has 1 heterocycles. The molecule has 1 aromatic rings. The molecule has 2 rings (SSSR count). The van der Waals surface area contributed by atoms with Crippen molar-refractivity contribution in [1.29, 1.82) is 0 Å². The van der Waals surface area contributed by atoms with Gasteiger partial charge in [0, 0.05) is 18.4 Å². The van der Waals surface area contributed by atoms with Gasteiger partial charge in [-0.25, -0.2) is 0 Å². The van der Waals surface area contributed by atoms with E-state index >= 15 is 0 Å². The molecule has 1 aliphatic rings. The van der Waals surface area contributed by atoms with Gasteiger partial charge >= 0.3 is 0 Å². The van der Waals surface area contributed by atoms with E-state index in [0.29, 0.717) is 18.9 Å². The van der Waals surface area contributed by atoms with Gasteiger partial charge in [0.05, 0.1) is 12.6 Å². The zero-order chi connectivity index (χ0) is 13.0. The highest BCUT2D eigenvalue weighted by Gasteiger charge is 2.22. The zero-order valence-electron chi connectivity index (χ0n) is 11.1. The number of carbonyl (C=O) groups is 1. The van der Waals surface area contributed by atoms with E-state index in [4.69, 9.17) is 4.74 Å². The summed E-state index contributed by atoms with van der Waals surface area (Å²) in [4.78, 5) is 11.9. The smallest absolute Gasteiger partial charge is 0.220 e. The average Bonchev–Trinajstić information content (AvgIpc) is 2.37. The van der Waals surface area contributed by atoms with Crippen molar-refractivity contribution in [2.75, 3.05) is 6.61 Å². The van der Waals surface area contributed by atoms with Crippen LogP contribution in [0, 0.1) is 5.92 Å². The minimum absolute atomic E-state index is 0.106. The Morgan fingerprint density at radius 1 is 1.44 bits per heavy atom. The van der Waals surface area contributed by atoms with Gasteiger partial charge in [-0.1, -0.05) is 32.0 Å². The highest BCUT2D eigenvalue weighted by Crippen LogP contribution is 2.31. The minimum atomic E-state index is 0.106. The Bertz CT molecular complexity index is 415. The van der Waals surface area contributed by atoms with E-state index in [1.54, 1.807) is 0 Å². The Morgan fingerprint density at radius 2 is 2.22 bits per heavy atom. The van der Waals surface area contributed by atoms with Crippen molar-refractivity contribution >= 4 is 5.91 Å². The van der Waals surface area contributed by atoms with Crippen LogP contribution in [0.2, 0.25) is 0 Å². The van der Waals surface area contributed by atoms with Crippen LogP contribution in [0.25, 0.3) is 0 Å². The fraction of sp³-hybridized carbons (Fsp3) is 0.533. The summed E-state index contributed by atoms with van der Waals surface area (Å²) in [6.07, 6.45) is 2.40. The maximum absolute atomic E-state index is 11.9. The van der Waals surface area contributed by atoms with E-state index in [2.05, 4.69) is 19.2 Å². The molecule has 1 N–H and O–H groups in total. The van der Waals surface area contributed by atoms with Gasteiger partial charge in [-0.3, -0.25) is 4.79 Å². The first-order valence-corrected chi connectivity index (χ1v) is 6.68. The zero-order valence-corrected chi connectivity index (χ0v) is 11.1. The number of benzene rings is 1. The van der Waals surface area contributed by atoms with Crippen molar-refractivity contribution in [3.8, 4) is 5.75 Å². The molecule has 1 aliphatic heterocycles. The number of amides is 1. The Kier molecular flexibility index (Phi) is 4.24. The highest BCUT2D eigenvalue weighted by molar-refractivity contribution is 5.76. The Labute approximate surface area is 109 Å². The lowest BCUT2D eigenvalue weighted by atomic mass is 10.00. The van der Waals surface area contributed by atoms with Crippen molar-refractivity contribution < 1.29 is 9.53 Å². The predicted octanol–water partition coefficient (Wildman–Crippen LogP) is 3.06. The highest BCUT2D eigenvalue weighted by atomic mass is 16.5. The van der Waals surface area contributed by atoms with Crippen LogP contribution < -0.4 is 10.1 Å². The van der Waals surface area contributed by atoms with Gasteiger partial charge in [0.2, 0.25) is 5.91 Å². The molecule has 0 radical (unpaired) electrons. The minimum Gasteiger partial charge on any atom is -0.493 e. The molecule has 1 unspecified atom stereocenters. The molecule has 0 saturated heterocycles. The number of hydrogen-bond donors (Lipinski definition) is 1. The Balaban J connectivity index is 1.96. The summed E-state index contributed by atoms with van der Waals surface area (Å²) in [7, 11) is 0. The molecule has 0 spiro atoms. The summed E-state index contributed by atoms with van der Waals surface area (Å²) < 4.78 is 5.58. The van der Waals surface area contributed by atoms with E-state index in [9.17, 15) is 4.79 Å². The maximum Gasteiger partial charge on any atom is 0.220 e. The largest absolute Gasteiger partial charge is 0.493 e. The monoisotopic (exact) mass is 247 g/mol. The average molecular weight is 247 g/mol. The number of ether oxygens (including phenoxy) is 1. The summed E-state index contributed by atoms with van der Waals surface area (Å²) in [5.74, 6) is 1.61. The van der Waals surface area contributed by atoms with Crippen LogP contribution >= 0.6 is 0 Å². The third-order valence-corrected chi connectivity index (χ3v) is 3.24. The first-order valence-electron chi connectivity index (χ1n) is 6.68. The van der Waals surface area contributed by atoms with Crippen LogP contribution in [0.3, 0.4) is 0 Å². The van der Waals surface area contributed by atoms with Gasteiger partial charge in [0.25, 0.3) is 0 Å². The molecule has 0 saturated carbocycles. The predicted molar refractivity (Wildman–Crippen MR) is 71.5 cm³/mol. The lowest BCUT2D eigenvalue weighted by Crippen LogP contribution is -2.32. The molecule has 3 heteroatoms. The Morgan fingerprint density at radius 3 is 3.00 bits per heavy atom. The molecule has 18 heavy (non-hydrogen) atoms. The third-order valence-electron chi connectivity index (χ3n) is 3.24. The van der Waals surface area contributed by atoms with Crippen LogP contribution in [-0.2, 0) is 4.79 Å². The number of nitrogens with one attached hydrogen (secondary N) is 1. The second kappa shape index (κ2) is 5.89. The SMILES string of the molecule is CC(C)CCC(=O)NC1CCOc2ccccc21. The topological polar surface area (TPSA) is 38.3 Å². The molecule has 0 fully saturated rings. The second-order valence-corrected chi connectivity index (χ2v) is 5.23. The van der Waals surface area contributed by atoms with Crippen LogP contribution in [0.4, 0.5) is 0 Å². The van der Waals surface area contributed by atoms with Crippen LogP contribution in [0.5, 0.6) is 5.75 Å². The second-order valence-electron chi connectivity index (χ2n) is 5.23. The molecule has 0 aromatic heterocycles. The standard InChI is InChI=1S/C15H21NO2/c1-11(2)7-8-15(17)16-13-9-10-18-14-6-4-3-5-12(13)14/h3-6,11,13H,7-10H2,1-2H3,(H,16,17). The summed E-state index contributed by atoms with van der Waals surface area (Å²) in [5, 5.41) is 3.11. The molecule has 0 bridgehead atoms. The van der Waals surface area contributed by atoms with Crippen molar-refractivity contribution in [3.63, 3.8) is 0 Å². The first kappa shape index (κ1) is 12.9. The number of carbonyl (C=O) groups excluding carboxylic acids is 1. The molecule has 1 amide bonds. The fourth-order valence-electron chi connectivity index (χ4n) is 2.18. The molecular weight excluding hydrogens is 226 g/mol. The van der Waals surface area contributed by atoms with Crippen LogP contribution in [0.1, 0.15) is 44.7 Å². The van der Waals surface area contributed by atoms with E-state index in [1.807, 2.05) is 24.3 Å². The summed E-state index contributed by atoms with van der Waals surface area (Å²) >= 11 is 0. The quantitative estimate of drug-likeness (QED) is 0.888. The van der Waals surface area contributed by atoms with Crippen molar-refractivity contribution in [2.45, 2.75) is 39.2 Å². The van der Waals surface area contributed by atoms with Gasteiger partial charge < -0.3 is 10.1 Å². The van der Waals surface area contributed by atoms with Gasteiger partial charge in [-0.2, -0.15) is 0 Å². The normalized spacial score (nSPS) is 18.1. The van der Waals surface area contributed by atoms with E-state index in [1.165, 1.54) is 0 Å². The van der Waals surface area contributed by atoms with E-state index in [-0.39, 0.29) is 11.9 Å². The molecule has 1 atom stereocenters. The fourth-order valence-corrected chi connectivity index (χ4v) is 2.18. The van der Waals surface area contributed by atoms with Crippen molar-refractivity contribution in [1.82, 2.24) is 5.32 Å². The lowest BCUT2D eigenvalue weighted by molar-refractivity contribution is -0.122. The number of hydrogen-bond acceptors (Lipinski definition) is 2. The van der Waals surface area contributed by atoms with Gasteiger partial charge in [0.1, 0.15) is 5.75 Å². The van der Waals surface area contributed by atoms with Gasteiger partial charge in [0.15, 0.2) is 0 Å². The van der Waals surface area contributed by atoms with E-state index < -0.39 is 0 Å². The maximum atomic E-state index is 11.9. The molecule has 3 nitrogen and oxygen atoms in total.